The van der Waals surface area contributed by atoms with Gasteiger partial charge in [-0.2, -0.15) is 0 Å². The zero-order chi connectivity index (χ0) is 12.3. The predicted octanol–water partition coefficient (Wildman–Crippen LogP) is 1.15. The van der Waals surface area contributed by atoms with Crippen molar-refractivity contribution >= 4 is 18.3 Å². The number of hydrogen-bond donors (Lipinski definition) is 2. The van der Waals surface area contributed by atoms with Crippen LogP contribution in [0.4, 0.5) is 0 Å². The van der Waals surface area contributed by atoms with Gasteiger partial charge in [-0.25, -0.2) is 0 Å². The van der Waals surface area contributed by atoms with Gasteiger partial charge < -0.3 is 15.7 Å². The van der Waals surface area contributed by atoms with Gasteiger partial charge in [-0.05, 0) is 19.8 Å². The maximum Gasteiger partial charge on any atom is 0.242 e. The van der Waals surface area contributed by atoms with Crippen molar-refractivity contribution in [2.75, 3.05) is 13.1 Å². The molecule has 0 radical (unpaired) electrons. The molecule has 0 aromatic rings. The van der Waals surface area contributed by atoms with E-state index >= 15 is 0 Å². The van der Waals surface area contributed by atoms with Crippen molar-refractivity contribution in [3.63, 3.8) is 0 Å². The lowest BCUT2D eigenvalue weighted by Gasteiger charge is -2.28. The van der Waals surface area contributed by atoms with Crippen molar-refractivity contribution in [2.24, 2.45) is 11.7 Å². The summed E-state index contributed by atoms with van der Waals surface area (Å²) in [5.74, 6) is 0.186. The molecule has 1 aliphatic heterocycles. The summed E-state index contributed by atoms with van der Waals surface area (Å²) in [6, 6.07) is 0. The Morgan fingerprint density at radius 2 is 2.06 bits per heavy atom. The van der Waals surface area contributed by atoms with Gasteiger partial charge in [0, 0.05) is 19.0 Å². The van der Waals surface area contributed by atoms with Crippen LogP contribution in [-0.4, -0.2) is 40.6 Å². The van der Waals surface area contributed by atoms with Gasteiger partial charge in [0.25, 0.3) is 0 Å². The number of carbonyl (C=O) groups is 1. The van der Waals surface area contributed by atoms with E-state index in [0.29, 0.717) is 19.5 Å². The molecule has 1 fully saturated rings. The van der Waals surface area contributed by atoms with Gasteiger partial charge in [0.05, 0.1) is 11.6 Å². The summed E-state index contributed by atoms with van der Waals surface area (Å²) >= 11 is 0. The molecule has 3 atom stereocenters. The number of amides is 1. The van der Waals surface area contributed by atoms with Crippen LogP contribution in [0.3, 0.4) is 0 Å². The van der Waals surface area contributed by atoms with E-state index in [1.165, 1.54) is 0 Å². The third-order valence-corrected chi connectivity index (χ3v) is 3.48. The largest absolute Gasteiger partial charge is 0.391 e. The summed E-state index contributed by atoms with van der Waals surface area (Å²) in [5.41, 5.74) is 5.23. The Labute approximate surface area is 110 Å². The molecule has 1 rings (SSSR count). The fourth-order valence-electron chi connectivity index (χ4n) is 2.41. The van der Waals surface area contributed by atoms with E-state index in [0.717, 1.165) is 12.8 Å². The highest BCUT2D eigenvalue weighted by atomic mass is 35.5. The van der Waals surface area contributed by atoms with Crippen LogP contribution in [-0.2, 0) is 4.79 Å². The van der Waals surface area contributed by atoms with E-state index in [-0.39, 0.29) is 30.3 Å². The second kappa shape index (κ2) is 6.57. The number of aliphatic hydroxyl groups excluding tert-OH is 1. The molecule has 5 heteroatoms. The van der Waals surface area contributed by atoms with Crippen molar-refractivity contribution in [1.29, 1.82) is 0 Å². The molecule has 3 unspecified atom stereocenters. The van der Waals surface area contributed by atoms with Crippen LogP contribution < -0.4 is 5.73 Å². The Bertz CT molecular complexity index is 259. The first-order valence-electron chi connectivity index (χ1n) is 6.18. The minimum atomic E-state index is -0.781. The first-order chi connectivity index (χ1) is 7.42. The van der Waals surface area contributed by atoms with E-state index in [1.807, 2.05) is 13.8 Å². The van der Waals surface area contributed by atoms with Gasteiger partial charge in [0.15, 0.2) is 0 Å². The molecular weight excluding hydrogens is 240 g/mol. The normalized spacial score (nSPS) is 27.5. The molecule has 17 heavy (non-hydrogen) atoms. The molecular formula is C12H25ClN2O2. The van der Waals surface area contributed by atoms with Gasteiger partial charge in [0.1, 0.15) is 0 Å². The van der Waals surface area contributed by atoms with Gasteiger partial charge in [-0.1, -0.05) is 20.3 Å². The minimum absolute atomic E-state index is 0. The van der Waals surface area contributed by atoms with Gasteiger partial charge >= 0.3 is 0 Å². The van der Waals surface area contributed by atoms with Crippen LogP contribution in [0.25, 0.3) is 0 Å². The SMILES string of the molecule is CCCC(C)(N)C(=O)N1CC(O)C(CC)C1.Cl. The number of aliphatic hydroxyl groups is 1. The smallest absolute Gasteiger partial charge is 0.242 e. The monoisotopic (exact) mass is 264 g/mol. The molecule has 0 aliphatic carbocycles. The number of carbonyl (C=O) groups excluding carboxylic acids is 1. The minimum Gasteiger partial charge on any atom is -0.391 e. The number of halogens is 1. The molecule has 3 N–H and O–H groups in total. The van der Waals surface area contributed by atoms with Crippen LogP contribution in [0.15, 0.2) is 0 Å². The average Bonchev–Trinajstić information content (AvgIpc) is 2.58. The molecule has 1 saturated heterocycles. The Balaban J connectivity index is 0.00000256. The van der Waals surface area contributed by atoms with Crippen LogP contribution in [0.2, 0.25) is 0 Å². The van der Waals surface area contributed by atoms with Crippen molar-refractivity contribution in [3.8, 4) is 0 Å². The highest BCUT2D eigenvalue weighted by Gasteiger charge is 2.38. The van der Waals surface area contributed by atoms with Crippen LogP contribution >= 0.6 is 12.4 Å². The lowest BCUT2D eigenvalue weighted by Crippen LogP contribution is -2.52. The molecule has 1 amide bonds. The predicted molar refractivity (Wildman–Crippen MR) is 71.1 cm³/mol. The van der Waals surface area contributed by atoms with E-state index in [9.17, 15) is 9.90 Å². The van der Waals surface area contributed by atoms with Crippen molar-refractivity contribution in [2.45, 2.75) is 51.7 Å². The Morgan fingerprint density at radius 3 is 2.47 bits per heavy atom. The average molecular weight is 265 g/mol. The highest BCUT2D eigenvalue weighted by molar-refractivity contribution is 5.86. The summed E-state index contributed by atoms with van der Waals surface area (Å²) in [7, 11) is 0. The first kappa shape index (κ1) is 16.7. The number of likely N-dealkylation sites (tertiary alicyclic amines) is 1. The van der Waals surface area contributed by atoms with Crippen molar-refractivity contribution in [1.82, 2.24) is 4.90 Å². The molecule has 0 aromatic heterocycles. The first-order valence-corrected chi connectivity index (χ1v) is 6.18. The maximum atomic E-state index is 12.2. The fraction of sp³-hybridized carbons (Fsp3) is 0.917. The van der Waals surface area contributed by atoms with E-state index in [2.05, 4.69) is 0 Å². The lowest BCUT2D eigenvalue weighted by molar-refractivity contribution is -0.136. The van der Waals surface area contributed by atoms with Gasteiger partial charge in [-0.3, -0.25) is 4.79 Å². The van der Waals surface area contributed by atoms with Crippen LogP contribution in [0.1, 0.15) is 40.0 Å². The summed E-state index contributed by atoms with van der Waals surface area (Å²) in [5, 5.41) is 9.77. The molecule has 0 aromatic carbocycles. The molecule has 0 saturated carbocycles. The lowest BCUT2D eigenvalue weighted by atomic mass is 9.96. The third kappa shape index (κ3) is 3.83. The van der Waals surface area contributed by atoms with Crippen LogP contribution in [0.5, 0.6) is 0 Å². The summed E-state index contributed by atoms with van der Waals surface area (Å²) in [6.45, 7) is 6.92. The quantitative estimate of drug-likeness (QED) is 0.801. The zero-order valence-corrected chi connectivity index (χ0v) is 11.8. The Morgan fingerprint density at radius 1 is 1.47 bits per heavy atom. The second-order valence-electron chi connectivity index (χ2n) is 5.11. The molecule has 0 bridgehead atoms. The molecule has 0 spiro atoms. The Hall–Kier alpha value is -0.320. The number of nitrogens with zero attached hydrogens (tertiary/aromatic N) is 1. The topological polar surface area (TPSA) is 66.6 Å². The number of hydrogen-bond acceptors (Lipinski definition) is 3. The summed E-state index contributed by atoms with van der Waals surface area (Å²) in [4.78, 5) is 13.9. The maximum absolute atomic E-state index is 12.2. The third-order valence-electron chi connectivity index (χ3n) is 3.48. The van der Waals surface area contributed by atoms with Crippen molar-refractivity contribution < 1.29 is 9.90 Å². The number of rotatable bonds is 4. The van der Waals surface area contributed by atoms with E-state index < -0.39 is 5.54 Å². The molecule has 4 nitrogen and oxygen atoms in total. The van der Waals surface area contributed by atoms with Crippen molar-refractivity contribution in [3.05, 3.63) is 0 Å². The van der Waals surface area contributed by atoms with Crippen LogP contribution in [0, 0.1) is 5.92 Å². The molecule has 1 aliphatic rings. The van der Waals surface area contributed by atoms with Gasteiger partial charge in [-0.15, -0.1) is 12.4 Å². The number of β-amino-alcohol motifs (C(OH)–C–C–N with tert-alkyl or cyclic N) is 1. The highest BCUT2D eigenvalue weighted by Crippen LogP contribution is 2.23. The van der Waals surface area contributed by atoms with E-state index in [1.54, 1.807) is 11.8 Å². The summed E-state index contributed by atoms with van der Waals surface area (Å²) in [6.07, 6.45) is 2.10. The second-order valence-corrected chi connectivity index (χ2v) is 5.11. The molecule has 102 valence electrons. The van der Waals surface area contributed by atoms with Gasteiger partial charge in [0.2, 0.25) is 5.91 Å². The van der Waals surface area contributed by atoms with E-state index in [4.69, 9.17) is 5.73 Å². The standard InChI is InChI=1S/C12H24N2O2.ClH/c1-4-6-12(3,13)11(16)14-7-9(5-2)10(15)8-14;/h9-10,15H,4-8,13H2,1-3H3;1H. The molecule has 1 heterocycles. The zero-order valence-electron chi connectivity index (χ0n) is 11.0. The Kier molecular flexibility index (Phi) is 6.45. The fourth-order valence-corrected chi connectivity index (χ4v) is 2.41. The number of nitrogens with two attached hydrogens (primary N) is 1. The summed E-state index contributed by atoms with van der Waals surface area (Å²) < 4.78 is 0.